The third-order valence-electron chi connectivity index (χ3n) is 3.24. The van der Waals surface area contributed by atoms with Crippen molar-refractivity contribution in [2.75, 3.05) is 11.9 Å². The normalized spacial score (nSPS) is 22.2. The van der Waals surface area contributed by atoms with Gasteiger partial charge in [0.25, 0.3) is 0 Å². The van der Waals surface area contributed by atoms with Gasteiger partial charge in [0.15, 0.2) is 0 Å². The molecule has 1 saturated carbocycles. The lowest BCUT2D eigenvalue weighted by Crippen LogP contribution is -2.19. The summed E-state index contributed by atoms with van der Waals surface area (Å²) in [6.07, 6.45) is 2.16. The summed E-state index contributed by atoms with van der Waals surface area (Å²) in [5, 5.41) is 12.2. The molecule has 2 rings (SSSR count). The van der Waals surface area contributed by atoms with Crippen molar-refractivity contribution in [1.82, 2.24) is 9.97 Å². The Hall–Kier alpha value is -1.85. The molecular weight excluding hydrogens is 246 g/mol. The number of carboxylic acid groups (broad SMARTS) is 1. The highest BCUT2D eigenvalue weighted by molar-refractivity contribution is 5.70. The van der Waals surface area contributed by atoms with E-state index in [4.69, 9.17) is 9.84 Å². The predicted octanol–water partition coefficient (Wildman–Crippen LogP) is 1.85. The van der Waals surface area contributed by atoms with Crippen LogP contribution in [0.25, 0.3) is 0 Å². The Morgan fingerprint density at radius 2 is 2.32 bits per heavy atom. The fourth-order valence-corrected chi connectivity index (χ4v) is 2.35. The number of aryl methyl sites for hydroxylation is 1. The molecule has 1 aliphatic carbocycles. The lowest BCUT2D eigenvalue weighted by atomic mass is 10.1. The summed E-state index contributed by atoms with van der Waals surface area (Å²) in [6, 6.07) is 1.90. The second-order valence-corrected chi connectivity index (χ2v) is 4.79. The monoisotopic (exact) mass is 265 g/mol. The van der Waals surface area contributed by atoms with Gasteiger partial charge in [-0.3, -0.25) is 4.79 Å². The zero-order valence-corrected chi connectivity index (χ0v) is 11.2. The summed E-state index contributed by atoms with van der Waals surface area (Å²) in [6.45, 7) is 4.34. The van der Waals surface area contributed by atoms with Gasteiger partial charge in [0, 0.05) is 17.8 Å². The third kappa shape index (κ3) is 3.56. The van der Waals surface area contributed by atoms with Crippen molar-refractivity contribution in [1.29, 1.82) is 0 Å². The Morgan fingerprint density at radius 3 is 2.95 bits per heavy atom. The molecule has 19 heavy (non-hydrogen) atoms. The van der Waals surface area contributed by atoms with Crippen LogP contribution in [0.3, 0.4) is 0 Å². The molecule has 1 heterocycles. The van der Waals surface area contributed by atoms with E-state index < -0.39 is 5.97 Å². The van der Waals surface area contributed by atoms with Crippen molar-refractivity contribution >= 4 is 11.9 Å². The molecule has 0 spiro atoms. The number of aliphatic carboxylic acids is 1. The van der Waals surface area contributed by atoms with Gasteiger partial charge >= 0.3 is 5.97 Å². The fraction of sp³-hybridized carbons (Fsp3) is 0.615. The number of nitrogens with zero attached hydrogens (tertiary/aromatic N) is 2. The lowest BCUT2D eigenvalue weighted by molar-refractivity contribution is -0.141. The maximum absolute atomic E-state index is 10.9. The van der Waals surface area contributed by atoms with Crippen LogP contribution >= 0.6 is 0 Å². The van der Waals surface area contributed by atoms with Crippen LogP contribution in [-0.4, -0.2) is 33.7 Å². The number of rotatable bonds is 5. The van der Waals surface area contributed by atoms with E-state index in [2.05, 4.69) is 15.3 Å². The summed E-state index contributed by atoms with van der Waals surface area (Å²) in [4.78, 5) is 19.5. The molecule has 0 saturated heterocycles. The number of ether oxygens (including phenoxy) is 1. The van der Waals surface area contributed by atoms with Crippen LogP contribution in [0.4, 0.5) is 5.95 Å². The minimum atomic E-state index is -0.718. The minimum absolute atomic E-state index is 0.123. The molecular formula is C13H19N3O3. The fourth-order valence-electron chi connectivity index (χ4n) is 2.35. The number of anilines is 1. The summed E-state index contributed by atoms with van der Waals surface area (Å²) in [5.74, 6) is 0.0860. The van der Waals surface area contributed by atoms with E-state index in [0.717, 1.165) is 12.1 Å². The lowest BCUT2D eigenvalue weighted by Gasteiger charge is -2.13. The van der Waals surface area contributed by atoms with E-state index in [-0.39, 0.29) is 12.0 Å². The highest BCUT2D eigenvalue weighted by atomic mass is 16.5. The smallest absolute Gasteiger partial charge is 0.306 e. The molecule has 1 aromatic rings. The number of aromatic nitrogens is 2. The molecule has 0 bridgehead atoms. The maximum Gasteiger partial charge on any atom is 0.306 e. The second-order valence-electron chi connectivity index (χ2n) is 4.79. The molecule has 1 aromatic heterocycles. The first kappa shape index (κ1) is 13.6. The predicted molar refractivity (Wildman–Crippen MR) is 70.3 cm³/mol. The van der Waals surface area contributed by atoms with Gasteiger partial charge < -0.3 is 15.2 Å². The number of hydrogen-bond donors (Lipinski definition) is 2. The number of carboxylic acids is 1. The van der Waals surface area contributed by atoms with Gasteiger partial charge in [0.05, 0.1) is 12.5 Å². The highest BCUT2D eigenvalue weighted by Gasteiger charge is 2.30. The van der Waals surface area contributed by atoms with Gasteiger partial charge in [-0.15, -0.1) is 0 Å². The van der Waals surface area contributed by atoms with Crippen LogP contribution in [0, 0.1) is 12.8 Å². The quantitative estimate of drug-likeness (QED) is 0.845. The molecule has 6 nitrogen and oxygen atoms in total. The van der Waals surface area contributed by atoms with Gasteiger partial charge in [0.1, 0.15) is 0 Å². The summed E-state index contributed by atoms with van der Waals surface area (Å²) in [5.41, 5.74) is 0.828. The Bertz CT molecular complexity index is 464. The Labute approximate surface area is 112 Å². The van der Waals surface area contributed by atoms with Crippen molar-refractivity contribution in [2.45, 2.75) is 39.2 Å². The second kappa shape index (κ2) is 5.86. The van der Waals surface area contributed by atoms with Gasteiger partial charge in [0.2, 0.25) is 11.8 Å². The van der Waals surface area contributed by atoms with Gasteiger partial charge in [-0.05, 0) is 33.1 Å². The average Bonchev–Trinajstić information content (AvgIpc) is 2.77. The Balaban J connectivity index is 2.01. The molecule has 0 aromatic carbocycles. The number of hydrogen-bond acceptors (Lipinski definition) is 5. The van der Waals surface area contributed by atoms with Crippen molar-refractivity contribution in [2.24, 2.45) is 5.92 Å². The molecule has 0 amide bonds. The Morgan fingerprint density at radius 1 is 1.53 bits per heavy atom. The van der Waals surface area contributed by atoms with E-state index in [1.165, 1.54) is 0 Å². The van der Waals surface area contributed by atoms with E-state index in [1.54, 1.807) is 6.07 Å². The SMILES string of the molecule is CCOc1cc(C)nc(N[C@H]2CC[C@@H](C(=O)O)C2)n1. The van der Waals surface area contributed by atoms with Crippen molar-refractivity contribution in [3.05, 3.63) is 11.8 Å². The van der Waals surface area contributed by atoms with Crippen LogP contribution in [0.15, 0.2) is 6.07 Å². The largest absolute Gasteiger partial charge is 0.481 e. The van der Waals surface area contributed by atoms with E-state index in [9.17, 15) is 4.79 Å². The summed E-state index contributed by atoms with van der Waals surface area (Å²) >= 11 is 0. The maximum atomic E-state index is 10.9. The van der Waals surface area contributed by atoms with Gasteiger partial charge in [-0.2, -0.15) is 4.98 Å². The van der Waals surface area contributed by atoms with Crippen molar-refractivity contribution in [3.63, 3.8) is 0 Å². The molecule has 104 valence electrons. The standard InChI is InChI=1S/C13H19N3O3/c1-3-19-11-6-8(2)14-13(16-11)15-10-5-4-9(7-10)12(17)18/h6,9-10H,3-5,7H2,1-2H3,(H,17,18)(H,14,15,16)/t9-,10+/m1/s1. The average molecular weight is 265 g/mol. The number of nitrogens with one attached hydrogen (secondary N) is 1. The van der Waals surface area contributed by atoms with Crippen LogP contribution < -0.4 is 10.1 Å². The molecule has 2 N–H and O–H groups in total. The molecule has 0 aliphatic heterocycles. The Kier molecular flexibility index (Phi) is 4.19. The molecule has 6 heteroatoms. The van der Waals surface area contributed by atoms with Crippen LogP contribution in [0.1, 0.15) is 31.9 Å². The van der Waals surface area contributed by atoms with Gasteiger partial charge in [-0.1, -0.05) is 0 Å². The minimum Gasteiger partial charge on any atom is -0.481 e. The first-order valence-corrected chi connectivity index (χ1v) is 6.56. The zero-order chi connectivity index (χ0) is 13.8. The van der Waals surface area contributed by atoms with Gasteiger partial charge in [-0.25, -0.2) is 4.98 Å². The summed E-state index contributed by atoms with van der Waals surface area (Å²) < 4.78 is 5.37. The highest BCUT2D eigenvalue weighted by Crippen LogP contribution is 2.27. The zero-order valence-electron chi connectivity index (χ0n) is 11.2. The molecule has 1 aliphatic rings. The third-order valence-corrected chi connectivity index (χ3v) is 3.24. The first-order valence-electron chi connectivity index (χ1n) is 6.56. The van der Waals surface area contributed by atoms with E-state index in [0.29, 0.717) is 31.3 Å². The molecule has 1 fully saturated rings. The summed E-state index contributed by atoms with van der Waals surface area (Å²) in [7, 11) is 0. The number of carbonyl (C=O) groups is 1. The van der Waals surface area contributed by atoms with Crippen LogP contribution in [0.2, 0.25) is 0 Å². The van der Waals surface area contributed by atoms with E-state index >= 15 is 0 Å². The van der Waals surface area contributed by atoms with E-state index in [1.807, 2.05) is 13.8 Å². The topological polar surface area (TPSA) is 84.3 Å². The molecule has 2 atom stereocenters. The van der Waals surface area contributed by atoms with Crippen LogP contribution in [-0.2, 0) is 4.79 Å². The molecule has 0 unspecified atom stereocenters. The molecule has 0 radical (unpaired) electrons. The first-order chi connectivity index (χ1) is 9.08. The van der Waals surface area contributed by atoms with Crippen molar-refractivity contribution in [3.8, 4) is 5.88 Å². The van der Waals surface area contributed by atoms with Crippen LogP contribution in [0.5, 0.6) is 5.88 Å². The van der Waals surface area contributed by atoms with Crippen molar-refractivity contribution < 1.29 is 14.6 Å².